The lowest BCUT2D eigenvalue weighted by Gasteiger charge is -2.27. The normalized spacial score (nSPS) is 23.4. The zero-order valence-corrected chi connectivity index (χ0v) is 10.2. The van der Waals surface area contributed by atoms with Crippen molar-refractivity contribution in [1.29, 1.82) is 0 Å². The molecular formula is C12H20N2O2. The highest BCUT2D eigenvalue weighted by atomic mass is 16.5. The number of aliphatic hydroxyl groups is 1. The summed E-state index contributed by atoms with van der Waals surface area (Å²) in [6.07, 6.45) is 1.64. The monoisotopic (exact) mass is 224 g/mol. The van der Waals surface area contributed by atoms with Gasteiger partial charge in [0.05, 0.1) is 18.4 Å². The van der Waals surface area contributed by atoms with Crippen LogP contribution in [0.4, 0.5) is 0 Å². The summed E-state index contributed by atoms with van der Waals surface area (Å²) in [5, 5.41) is 14.7. The Labute approximate surface area is 96.2 Å². The number of aliphatic hydroxyl groups excluding tert-OH is 1. The van der Waals surface area contributed by atoms with Gasteiger partial charge in [-0.1, -0.05) is 0 Å². The molecule has 2 heterocycles. The minimum absolute atomic E-state index is 0.218. The lowest BCUT2D eigenvalue weighted by Crippen LogP contribution is -2.24. The summed E-state index contributed by atoms with van der Waals surface area (Å²) in [5.41, 5.74) is 2.96. The fourth-order valence-corrected chi connectivity index (χ4v) is 2.47. The highest BCUT2D eigenvalue weighted by Gasteiger charge is 2.27. The molecule has 4 heteroatoms. The van der Waals surface area contributed by atoms with Crippen molar-refractivity contribution in [1.82, 2.24) is 9.78 Å². The Morgan fingerprint density at radius 2 is 2.25 bits per heavy atom. The first kappa shape index (κ1) is 11.6. The smallest absolute Gasteiger partial charge is 0.0875 e. The van der Waals surface area contributed by atoms with Gasteiger partial charge in [-0.3, -0.25) is 4.68 Å². The minimum atomic E-state index is -0.436. The SMILES string of the molecule is Cc1nn(C)c(C)c1C(O)C1CCCOC1. The third-order valence-electron chi connectivity index (χ3n) is 3.50. The van der Waals surface area contributed by atoms with Crippen LogP contribution >= 0.6 is 0 Å². The second-order valence-electron chi connectivity index (χ2n) is 4.63. The molecule has 2 unspecified atom stereocenters. The lowest BCUT2D eigenvalue weighted by molar-refractivity contribution is -0.0104. The molecular weight excluding hydrogens is 204 g/mol. The standard InChI is InChI=1S/C12H20N2O2/c1-8-11(9(2)14(3)13-8)12(15)10-5-4-6-16-7-10/h10,12,15H,4-7H2,1-3H3. The summed E-state index contributed by atoms with van der Waals surface area (Å²) in [7, 11) is 1.91. The summed E-state index contributed by atoms with van der Waals surface area (Å²) in [6.45, 7) is 5.45. The van der Waals surface area contributed by atoms with Crippen LogP contribution in [0.5, 0.6) is 0 Å². The summed E-state index contributed by atoms with van der Waals surface area (Å²) in [4.78, 5) is 0. The summed E-state index contributed by atoms with van der Waals surface area (Å²) < 4.78 is 7.25. The van der Waals surface area contributed by atoms with Crippen LogP contribution in [-0.4, -0.2) is 28.1 Å². The number of aryl methyl sites for hydroxylation is 2. The van der Waals surface area contributed by atoms with Gasteiger partial charge in [-0.2, -0.15) is 5.10 Å². The molecule has 1 aliphatic rings. The average Bonchev–Trinajstić information content (AvgIpc) is 2.54. The van der Waals surface area contributed by atoms with E-state index in [4.69, 9.17) is 4.74 Å². The van der Waals surface area contributed by atoms with E-state index in [1.807, 2.05) is 25.6 Å². The zero-order chi connectivity index (χ0) is 11.7. The fraction of sp³-hybridized carbons (Fsp3) is 0.750. The molecule has 0 bridgehead atoms. The van der Waals surface area contributed by atoms with Gasteiger partial charge in [0.1, 0.15) is 0 Å². The Morgan fingerprint density at radius 3 is 2.75 bits per heavy atom. The van der Waals surface area contributed by atoms with Crippen molar-refractivity contribution >= 4 is 0 Å². The highest BCUT2D eigenvalue weighted by molar-refractivity contribution is 5.27. The van der Waals surface area contributed by atoms with Crippen LogP contribution in [0.25, 0.3) is 0 Å². The zero-order valence-electron chi connectivity index (χ0n) is 10.2. The third-order valence-corrected chi connectivity index (χ3v) is 3.50. The van der Waals surface area contributed by atoms with E-state index in [9.17, 15) is 5.11 Å². The molecule has 16 heavy (non-hydrogen) atoms. The topological polar surface area (TPSA) is 47.3 Å². The molecule has 0 spiro atoms. The molecule has 1 aromatic rings. The fourth-order valence-electron chi connectivity index (χ4n) is 2.47. The number of aromatic nitrogens is 2. The summed E-state index contributed by atoms with van der Waals surface area (Å²) in [6, 6.07) is 0. The van der Waals surface area contributed by atoms with E-state index in [0.29, 0.717) is 6.61 Å². The quantitative estimate of drug-likeness (QED) is 0.828. The van der Waals surface area contributed by atoms with E-state index >= 15 is 0 Å². The van der Waals surface area contributed by atoms with Gasteiger partial charge in [0, 0.05) is 30.8 Å². The summed E-state index contributed by atoms with van der Waals surface area (Å²) in [5.74, 6) is 0.218. The van der Waals surface area contributed by atoms with Crippen LogP contribution in [0.2, 0.25) is 0 Å². The van der Waals surface area contributed by atoms with Gasteiger partial charge in [-0.15, -0.1) is 0 Å². The van der Waals surface area contributed by atoms with Crippen LogP contribution in [-0.2, 0) is 11.8 Å². The Balaban J connectivity index is 2.22. The first-order valence-corrected chi connectivity index (χ1v) is 5.87. The van der Waals surface area contributed by atoms with Crippen molar-refractivity contribution in [3.8, 4) is 0 Å². The Kier molecular flexibility index (Phi) is 3.30. The third kappa shape index (κ3) is 1.99. The molecule has 1 fully saturated rings. The first-order chi connectivity index (χ1) is 7.61. The lowest BCUT2D eigenvalue weighted by atomic mass is 9.90. The Morgan fingerprint density at radius 1 is 1.50 bits per heavy atom. The van der Waals surface area contributed by atoms with Gasteiger partial charge in [-0.05, 0) is 26.7 Å². The predicted octanol–water partition coefficient (Wildman–Crippen LogP) is 1.50. The van der Waals surface area contributed by atoms with Crippen molar-refractivity contribution in [3.63, 3.8) is 0 Å². The van der Waals surface area contributed by atoms with Crippen molar-refractivity contribution in [2.75, 3.05) is 13.2 Å². The molecule has 0 radical (unpaired) electrons. The minimum Gasteiger partial charge on any atom is -0.388 e. The predicted molar refractivity (Wildman–Crippen MR) is 61.2 cm³/mol. The number of nitrogens with zero attached hydrogens (tertiary/aromatic N) is 2. The molecule has 0 amide bonds. The second kappa shape index (κ2) is 4.55. The largest absolute Gasteiger partial charge is 0.388 e. The van der Waals surface area contributed by atoms with Crippen molar-refractivity contribution in [2.45, 2.75) is 32.8 Å². The molecule has 0 saturated carbocycles. The van der Waals surface area contributed by atoms with E-state index in [1.54, 1.807) is 0 Å². The van der Waals surface area contributed by atoms with Crippen molar-refractivity contribution in [3.05, 3.63) is 17.0 Å². The number of rotatable bonds is 2. The average molecular weight is 224 g/mol. The van der Waals surface area contributed by atoms with Crippen LogP contribution in [0.15, 0.2) is 0 Å². The highest BCUT2D eigenvalue weighted by Crippen LogP contribution is 2.31. The molecule has 90 valence electrons. The van der Waals surface area contributed by atoms with Gasteiger partial charge in [0.25, 0.3) is 0 Å². The number of hydrogen-bond acceptors (Lipinski definition) is 3. The summed E-state index contributed by atoms with van der Waals surface area (Å²) >= 11 is 0. The maximum atomic E-state index is 10.4. The van der Waals surface area contributed by atoms with Gasteiger partial charge in [0.2, 0.25) is 0 Å². The van der Waals surface area contributed by atoms with E-state index in [2.05, 4.69) is 5.10 Å². The van der Waals surface area contributed by atoms with Crippen LogP contribution in [0, 0.1) is 19.8 Å². The van der Waals surface area contributed by atoms with Crippen molar-refractivity contribution in [2.24, 2.45) is 13.0 Å². The Bertz CT molecular complexity index is 367. The van der Waals surface area contributed by atoms with Gasteiger partial charge < -0.3 is 9.84 Å². The molecule has 1 aliphatic heterocycles. The Hall–Kier alpha value is -0.870. The maximum absolute atomic E-state index is 10.4. The molecule has 2 rings (SSSR count). The molecule has 2 atom stereocenters. The number of hydrogen-bond donors (Lipinski definition) is 1. The second-order valence-corrected chi connectivity index (χ2v) is 4.63. The molecule has 1 aromatic heterocycles. The van der Waals surface area contributed by atoms with Crippen molar-refractivity contribution < 1.29 is 9.84 Å². The van der Waals surface area contributed by atoms with Crippen LogP contribution < -0.4 is 0 Å². The van der Waals surface area contributed by atoms with Gasteiger partial charge >= 0.3 is 0 Å². The molecule has 4 nitrogen and oxygen atoms in total. The maximum Gasteiger partial charge on any atom is 0.0875 e. The van der Waals surface area contributed by atoms with E-state index in [1.165, 1.54) is 0 Å². The van der Waals surface area contributed by atoms with E-state index < -0.39 is 6.10 Å². The molecule has 1 N–H and O–H groups in total. The van der Waals surface area contributed by atoms with E-state index in [0.717, 1.165) is 36.4 Å². The first-order valence-electron chi connectivity index (χ1n) is 5.87. The van der Waals surface area contributed by atoms with E-state index in [-0.39, 0.29) is 5.92 Å². The molecule has 1 saturated heterocycles. The molecule has 0 aliphatic carbocycles. The van der Waals surface area contributed by atoms with Gasteiger partial charge in [0.15, 0.2) is 0 Å². The number of ether oxygens (including phenoxy) is 1. The van der Waals surface area contributed by atoms with Crippen LogP contribution in [0.1, 0.15) is 35.9 Å². The van der Waals surface area contributed by atoms with Gasteiger partial charge in [-0.25, -0.2) is 0 Å². The van der Waals surface area contributed by atoms with Crippen LogP contribution in [0.3, 0.4) is 0 Å². The molecule has 0 aromatic carbocycles.